The molecule has 1 aliphatic heterocycles. The van der Waals surface area contributed by atoms with E-state index in [-0.39, 0.29) is 29.3 Å². The summed E-state index contributed by atoms with van der Waals surface area (Å²) < 4.78 is 62.2. The van der Waals surface area contributed by atoms with Crippen molar-refractivity contribution in [2.24, 2.45) is 5.92 Å². The molecule has 3 aromatic rings. The third-order valence-corrected chi connectivity index (χ3v) is 8.04. The highest BCUT2D eigenvalue weighted by molar-refractivity contribution is 7.93. The zero-order valence-corrected chi connectivity index (χ0v) is 20.0. The molecule has 2 aromatic carbocycles. The Hall–Kier alpha value is -2.27. The van der Waals surface area contributed by atoms with Crippen LogP contribution in [0.25, 0.3) is 0 Å². The van der Waals surface area contributed by atoms with Crippen molar-refractivity contribution in [1.82, 2.24) is 10.3 Å². The van der Waals surface area contributed by atoms with E-state index < -0.39 is 26.6 Å². The Bertz CT molecular complexity index is 1240. The van der Waals surface area contributed by atoms with Gasteiger partial charge in [-0.3, -0.25) is 4.72 Å². The molecule has 1 fully saturated rings. The maximum Gasteiger partial charge on any atom is 0.266 e. The number of hydrogen-bond acceptors (Lipinski definition) is 6. The number of rotatable bonds is 7. The Labute approximate surface area is 200 Å². The van der Waals surface area contributed by atoms with Gasteiger partial charge in [-0.25, -0.2) is 22.2 Å². The fraction of sp³-hybridized carbons (Fsp3) is 0.318. The summed E-state index contributed by atoms with van der Waals surface area (Å²) in [5.41, 5.74) is 1.10. The lowest BCUT2D eigenvalue weighted by Crippen LogP contribution is -2.38. The molecule has 33 heavy (non-hydrogen) atoms. The van der Waals surface area contributed by atoms with Crippen molar-refractivity contribution >= 4 is 38.1 Å². The van der Waals surface area contributed by atoms with Gasteiger partial charge in [-0.15, -0.1) is 11.3 Å². The first-order chi connectivity index (χ1) is 15.7. The number of aromatic nitrogens is 1. The number of nitrogens with zero attached hydrogens (tertiary/aromatic N) is 1. The van der Waals surface area contributed by atoms with Gasteiger partial charge in [0.25, 0.3) is 10.0 Å². The van der Waals surface area contributed by atoms with Gasteiger partial charge in [0.2, 0.25) is 0 Å². The van der Waals surface area contributed by atoms with Crippen molar-refractivity contribution in [3.63, 3.8) is 0 Å². The molecule has 11 heteroatoms. The van der Waals surface area contributed by atoms with Gasteiger partial charge in [0.1, 0.15) is 10.7 Å². The van der Waals surface area contributed by atoms with E-state index in [2.05, 4.69) is 15.0 Å². The number of benzene rings is 2. The van der Waals surface area contributed by atoms with E-state index >= 15 is 0 Å². The van der Waals surface area contributed by atoms with Crippen LogP contribution in [0.5, 0.6) is 5.75 Å². The average molecular weight is 514 g/mol. The number of ether oxygens (including phenoxy) is 1. The second kappa shape index (κ2) is 9.92. The minimum absolute atomic E-state index is 0.0144. The number of halogens is 3. The van der Waals surface area contributed by atoms with Crippen molar-refractivity contribution in [1.29, 1.82) is 0 Å². The van der Waals surface area contributed by atoms with Crippen LogP contribution in [0.4, 0.5) is 13.9 Å². The fourth-order valence-electron chi connectivity index (χ4n) is 3.84. The number of hydrogen-bond donors (Lipinski definition) is 2. The first-order valence-electron chi connectivity index (χ1n) is 10.3. The van der Waals surface area contributed by atoms with Crippen LogP contribution in [0.3, 0.4) is 0 Å². The molecule has 0 spiro atoms. The van der Waals surface area contributed by atoms with Crippen molar-refractivity contribution in [3.05, 3.63) is 69.7 Å². The van der Waals surface area contributed by atoms with Gasteiger partial charge in [-0.2, -0.15) is 0 Å². The van der Waals surface area contributed by atoms with Crippen molar-refractivity contribution in [2.45, 2.75) is 24.2 Å². The molecule has 0 unspecified atom stereocenters. The van der Waals surface area contributed by atoms with E-state index in [0.29, 0.717) is 17.6 Å². The zero-order valence-electron chi connectivity index (χ0n) is 17.6. The molecule has 4 rings (SSSR count). The Balaban J connectivity index is 1.49. The predicted octanol–water partition coefficient (Wildman–Crippen LogP) is 4.96. The Morgan fingerprint density at radius 3 is 2.70 bits per heavy atom. The summed E-state index contributed by atoms with van der Waals surface area (Å²) in [6.45, 7) is 3.38. The van der Waals surface area contributed by atoms with E-state index in [0.717, 1.165) is 40.8 Å². The summed E-state index contributed by atoms with van der Waals surface area (Å²) in [5.74, 6) is -2.22. The van der Waals surface area contributed by atoms with Gasteiger partial charge >= 0.3 is 0 Å². The highest BCUT2D eigenvalue weighted by atomic mass is 35.5. The van der Waals surface area contributed by atoms with E-state index in [1.54, 1.807) is 6.92 Å². The normalized spacial score (nSPS) is 18.8. The molecule has 6 nitrogen and oxygen atoms in total. The summed E-state index contributed by atoms with van der Waals surface area (Å²) in [6.07, 6.45) is 2.35. The lowest BCUT2D eigenvalue weighted by Gasteiger charge is -2.32. The smallest absolute Gasteiger partial charge is 0.266 e. The lowest BCUT2D eigenvalue weighted by molar-refractivity contribution is 0.190. The Morgan fingerprint density at radius 1 is 1.24 bits per heavy atom. The van der Waals surface area contributed by atoms with Gasteiger partial charge < -0.3 is 10.1 Å². The molecule has 0 bridgehead atoms. The summed E-state index contributed by atoms with van der Waals surface area (Å²) in [7, 11) is -4.35. The first kappa shape index (κ1) is 23.9. The summed E-state index contributed by atoms with van der Waals surface area (Å²) in [4.78, 5) is 3.86. The van der Waals surface area contributed by atoms with Crippen molar-refractivity contribution in [2.75, 3.05) is 24.4 Å². The SMILES string of the molecule is Cc1cnc(NS(=O)(=O)c2cc(F)c(OC[C@H]3CNCC[C@@H]3c3ccc(Cl)cc3)cc2F)s1. The van der Waals surface area contributed by atoms with Crippen LogP contribution < -0.4 is 14.8 Å². The summed E-state index contributed by atoms with van der Waals surface area (Å²) in [6, 6.07) is 8.97. The highest BCUT2D eigenvalue weighted by Gasteiger charge is 2.28. The molecular formula is C22H22ClF2N3O3S2. The number of piperidine rings is 1. The molecule has 2 N–H and O–H groups in total. The zero-order chi connectivity index (χ0) is 23.6. The van der Waals surface area contributed by atoms with Crippen LogP contribution in [0.2, 0.25) is 5.02 Å². The topological polar surface area (TPSA) is 80.3 Å². The minimum atomic E-state index is -4.35. The van der Waals surface area contributed by atoms with Crippen LogP contribution >= 0.6 is 22.9 Å². The van der Waals surface area contributed by atoms with Gasteiger partial charge in [0, 0.05) is 40.7 Å². The number of anilines is 1. The Kier molecular flexibility index (Phi) is 7.18. The molecule has 1 aliphatic rings. The van der Waals surface area contributed by atoms with Crippen LogP contribution in [0.15, 0.2) is 47.5 Å². The molecule has 2 heterocycles. The monoisotopic (exact) mass is 513 g/mol. The maximum absolute atomic E-state index is 14.7. The molecule has 1 saturated heterocycles. The van der Waals surface area contributed by atoms with Crippen LogP contribution in [0.1, 0.15) is 22.8 Å². The highest BCUT2D eigenvalue weighted by Crippen LogP contribution is 2.33. The summed E-state index contributed by atoms with van der Waals surface area (Å²) >= 11 is 7.08. The van der Waals surface area contributed by atoms with Gasteiger partial charge in [-0.05, 0) is 43.5 Å². The largest absolute Gasteiger partial charge is 0.490 e. The molecule has 0 amide bonds. The number of aryl methyl sites for hydroxylation is 1. The standard InChI is InChI=1S/C22H22ClF2N3O3S2/c1-13-10-27-22(32-13)28-33(29,30)21-9-18(24)20(8-19(21)25)31-12-15-11-26-7-6-17(15)14-2-4-16(23)5-3-14/h2-5,8-10,15,17,26H,6-7,11-12H2,1H3,(H,27,28)/t15-,17-/m1/s1. The quantitative estimate of drug-likeness (QED) is 0.467. The molecular weight excluding hydrogens is 492 g/mol. The van der Waals surface area contributed by atoms with E-state index in [1.165, 1.54) is 6.20 Å². The molecule has 0 saturated carbocycles. The van der Waals surface area contributed by atoms with Gasteiger partial charge in [0.15, 0.2) is 16.7 Å². The Morgan fingerprint density at radius 2 is 2.00 bits per heavy atom. The lowest BCUT2D eigenvalue weighted by atomic mass is 9.81. The average Bonchev–Trinajstić information content (AvgIpc) is 3.18. The van der Waals surface area contributed by atoms with Crippen LogP contribution in [-0.2, 0) is 10.0 Å². The van der Waals surface area contributed by atoms with E-state index in [9.17, 15) is 17.2 Å². The van der Waals surface area contributed by atoms with Crippen LogP contribution in [-0.4, -0.2) is 33.1 Å². The molecule has 1 aromatic heterocycles. The first-order valence-corrected chi connectivity index (χ1v) is 12.9. The van der Waals surface area contributed by atoms with E-state index in [1.807, 2.05) is 24.3 Å². The molecule has 176 valence electrons. The second-order valence-electron chi connectivity index (χ2n) is 7.82. The molecule has 0 radical (unpaired) electrons. The third-order valence-electron chi connectivity index (χ3n) is 5.48. The van der Waals surface area contributed by atoms with Gasteiger partial charge in [-0.1, -0.05) is 23.7 Å². The predicted molar refractivity (Wildman–Crippen MR) is 125 cm³/mol. The number of nitrogens with one attached hydrogen (secondary N) is 2. The number of sulfonamides is 1. The van der Waals surface area contributed by atoms with Crippen molar-refractivity contribution < 1.29 is 21.9 Å². The number of thiazole rings is 1. The molecule has 0 aliphatic carbocycles. The minimum Gasteiger partial charge on any atom is -0.490 e. The fourth-order valence-corrected chi connectivity index (χ4v) is 5.95. The van der Waals surface area contributed by atoms with Crippen LogP contribution in [0, 0.1) is 24.5 Å². The third kappa shape index (κ3) is 5.63. The maximum atomic E-state index is 14.7. The summed E-state index contributed by atoms with van der Waals surface area (Å²) in [5, 5.41) is 4.02. The molecule has 2 atom stereocenters. The van der Waals surface area contributed by atoms with Gasteiger partial charge in [0.05, 0.1) is 6.61 Å². The van der Waals surface area contributed by atoms with Crippen molar-refractivity contribution in [3.8, 4) is 5.75 Å². The van der Waals surface area contributed by atoms with E-state index in [4.69, 9.17) is 16.3 Å². The second-order valence-corrected chi connectivity index (χ2v) is 11.1.